The summed E-state index contributed by atoms with van der Waals surface area (Å²) in [5.41, 5.74) is -1.30. The summed E-state index contributed by atoms with van der Waals surface area (Å²) in [5, 5.41) is 0. The second kappa shape index (κ2) is 4.05. The van der Waals surface area contributed by atoms with Crippen molar-refractivity contribution in [2.75, 3.05) is 0 Å². The number of halogens is 1. The fourth-order valence-electron chi connectivity index (χ4n) is 0.967. The number of hydrogen-bond acceptors (Lipinski definition) is 3. The van der Waals surface area contributed by atoms with Gasteiger partial charge in [-0.05, 0) is 22.9 Å². The quantitative estimate of drug-likeness (QED) is 0.651. The molecule has 0 amide bonds. The van der Waals surface area contributed by atoms with Crippen LogP contribution in [0, 0.1) is 6.92 Å². The number of H-pyrrole nitrogens is 1. The molecule has 1 heterocycles. The van der Waals surface area contributed by atoms with Crippen LogP contribution >= 0.6 is 23.5 Å². The zero-order valence-electron chi connectivity index (χ0n) is 7.60. The van der Waals surface area contributed by atoms with Crippen LogP contribution in [0.5, 0.6) is 0 Å². The Balaban J connectivity index is 3.45. The first-order valence-corrected chi connectivity index (χ1v) is 6.35. The highest BCUT2D eigenvalue weighted by atomic mass is 79.9. The molecule has 0 saturated heterocycles. The van der Waals surface area contributed by atoms with Crippen LogP contribution in [-0.4, -0.2) is 19.3 Å². The molecule has 84 valence electrons. The first kappa shape index (κ1) is 12.4. The van der Waals surface area contributed by atoms with Gasteiger partial charge in [0.15, 0.2) is 0 Å². The molecular formula is C6H8BrN2O5P. The Kier molecular flexibility index (Phi) is 3.34. The SMILES string of the molecule is Cc1[nH]c(=O)n(CP(=O)(O)O)c(=O)c1Br. The fourth-order valence-corrected chi connectivity index (χ4v) is 1.91. The third-order valence-corrected chi connectivity index (χ3v) is 3.21. The van der Waals surface area contributed by atoms with Gasteiger partial charge in [-0.25, -0.2) is 9.36 Å². The first-order chi connectivity index (χ1) is 6.72. The van der Waals surface area contributed by atoms with Gasteiger partial charge in [-0.2, -0.15) is 0 Å². The van der Waals surface area contributed by atoms with Crippen LogP contribution in [0.1, 0.15) is 5.69 Å². The van der Waals surface area contributed by atoms with Gasteiger partial charge in [-0.15, -0.1) is 0 Å². The summed E-state index contributed by atoms with van der Waals surface area (Å²) in [6.07, 6.45) is -0.931. The smallest absolute Gasteiger partial charge is 0.323 e. The molecule has 3 N–H and O–H groups in total. The Morgan fingerprint density at radius 1 is 1.47 bits per heavy atom. The summed E-state index contributed by atoms with van der Waals surface area (Å²) in [5.74, 6) is 0. The Morgan fingerprint density at radius 2 is 2.00 bits per heavy atom. The van der Waals surface area contributed by atoms with Crippen molar-refractivity contribution >= 4 is 23.5 Å². The standard InChI is InChI=1S/C6H8BrN2O5P/c1-3-4(7)5(10)9(6(11)8-3)2-15(12,13)14/h2H2,1H3,(H,8,11)(H2,12,13,14). The Labute approximate surface area is 92.1 Å². The molecule has 0 aliphatic carbocycles. The lowest BCUT2D eigenvalue weighted by Gasteiger charge is -2.07. The molecular weight excluding hydrogens is 291 g/mol. The molecule has 1 rings (SSSR count). The number of nitrogens with one attached hydrogen (secondary N) is 1. The van der Waals surface area contributed by atoms with E-state index in [2.05, 4.69) is 20.9 Å². The van der Waals surface area contributed by atoms with E-state index in [-0.39, 0.29) is 4.47 Å². The molecule has 0 bridgehead atoms. The Bertz CT molecular complexity index is 541. The summed E-state index contributed by atoms with van der Waals surface area (Å²) >= 11 is 2.92. The van der Waals surface area contributed by atoms with Gasteiger partial charge in [0.05, 0.1) is 0 Å². The van der Waals surface area contributed by atoms with Gasteiger partial charge < -0.3 is 14.8 Å². The maximum Gasteiger partial charge on any atom is 0.345 e. The van der Waals surface area contributed by atoms with Gasteiger partial charge in [0.2, 0.25) is 0 Å². The normalized spacial score (nSPS) is 11.7. The number of nitrogens with zero attached hydrogens (tertiary/aromatic N) is 1. The van der Waals surface area contributed by atoms with Gasteiger partial charge in [0.1, 0.15) is 10.8 Å². The van der Waals surface area contributed by atoms with Gasteiger partial charge in [-0.1, -0.05) is 0 Å². The lowest BCUT2D eigenvalue weighted by Crippen LogP contribution is -2.36. The first-order valence-electron chi connectivity index (χ1n) is 3.76. The monoisotopic (exact) mass is 298 g/mol. The van der Waals surface area contributed by atoms with E-state index in [1.807, 2.05) is 0 Å². The van der Waals surface area contributed by atoms with Crippen LogP contribution in [0.4, 0.5) is 0 Å². The summed E-state index contributed by atoms with van der Waals surface area (Å²) in [6.45, 7) is 1.49. The highest BCUT2D eigenvalue weighted by molar-refractivity contribution is 9.10. The summed E-state index contributed by atoms with van der Waals surface area (Å²) in [6, 6.07) is 0. The van der Waals surface area contributed by atoms with Crippen LogP contribution in [0.3, 0.4) is 0 Å². The number of aryl methyl sites for hydroxylation is 1. The van der Waals surface area contributed by atoms with E-state index in [9.17, 15) is 14.2 Å². The van der Waals surface area contributed by atoms with Crippen molar-refractivity contribution in [1.29, 1.82) is 0 Å². The number of rotatable bonds is 2. The minimum absolute atomic E-state index is 0.0792. The number of aromatic nitrogens is 2. The molecule has 0 unspecified atom stereocenters. The average molecular weight is 299 g/mol. The van der Waals surface area contributed by atoms with Crippen molar-refractivity contribution in [2.24, 2.45) is 0 Å². The fraction of sp³-hybridized carbons (Fsp3) is 0.333. The predicted octanol–water partition coefficient (Wildman–Crippen LogP) is -0.257. The van der Waals surface area contributed by atoms with Crippen LogP contribution in [0.25, 0.3) is 0 Å². The van der Waals surface area contributed by atoms with Gasteiger partial charge in [0.25, 0.3) is 5.56 Å². The minimum Gasteiger partial charge on any atom is -0.323 e. The highest BCUT2D eigenvalue weighted by Gasteiger charge is 2.18. The van der Waals surface area contributed by atoms with E-state index in [1.54, 1.807) is 0 Å². The molecule has 7 nitrogen and oxygen atoms in total. The van der Waals surface area contributed by atoms with Crippen molar-refractivity contribution < 1.29 is 14.4 Å². The third kappa shape index (κ3) is 2.88. The van der Waals surface area contributed by atoms with Crippen LogP contribution in [-0.2, 0) is 10.9 Å². The molecule has 1 aromatic heterocycles. The maximum atomic E-state index is 11.4. The Hall–Kier alpha value is -0.690. The molecule has 0 aromatic carbocycles. The van der Waals surface area contributed by atoms with Crippen molar-refractivity contribution in [3.63, 3.8) is 0 Å². The highest BCUT2D eigenvalue weighted by Crippen LogP contribution is 2.35. The predicted molar refractivity (Wildman–Crippen MR) is 55.8 cm³/mol. The number of hydrogen-bond donors (Lipinski definition) is 3. The van der Waals surface area contributed by atoms with Crippen molar-refractivity contribution in [2.45, 2.75) is 13.2 Å². The second-order valence-corrected chi connectivity index (χ2v) is 5.31. The average Bonchev–Trinajstić information content (AvgIpc) is 2.07. The zero-order chi connectivity index (χ0) is 11.8. The molecule has 1 aromatic rings. The summed E-state index contributed by atoms with van der Waals surface area (Å²) in [7, 11) is -4.45. The lowest BCUT2D eigenvalue weighted by molar-refractivity contribution is 0.359. The minimum atomic E-state index is -4.45. The van der Waals surface area contributed by atoms with Crippen LogP contribution in [0.15, 0.2) is 14.1 Å². The third-order valence-electron chi connectivity index (χ3n) is 1.63. The van der Waals surface area contributed by atoms with E-state index in [0.29, 0.717) is 10.3 Å². The summed E-state index contributed by atoms with van der Waals surface area (Å²) < 4.78 is 11.2. The molecule has 0 atom stereocenters. The molecule has 0 radical (unpaired) electrons. The largest absolute Gasteiger partial charge is 0.345 e. The molecule has 0 aliphatic rings. The number of aromatic amines is 1. The van der Waals surface area contributed by atoms with Gasteiger partial charge in [0, 0.05) is 5.69 Å². The van der Waals surface area contributed by atoms with Crippen molar-refractivity contribution in [3.05, 3.63) is 31.0 Å². The van der Waals surface area contributed by atoms with Crippen LogP contribution in [0.2, 0.25) is 0 Å². The van der Waals surface area contributed by atoms with Crippen molar-refractivity contribution in [1.82, 2.24) is 9.55 Å². The maximum absolute atomic E-state index is 11.4. The van der Waals surface area contributed by atoms with E-state index in [4.69, 9.17) is 9.79 Å². The molecule has 0 saturated carbocycles. The lowest BCUT2D eigenvalue weighted by atomic mass is 10.4. The van der Waals surface area contributed by atoms with E-state index < -0.39 is 25.1 Å². The topological polar surface area (TPSA) is 112 Å². The van der Waals surface area contributed by atoms with Crippen molar-refractivity contribution in [3.8, 4) is 0 Å². The molecule has 0 fully saturated rings. The Morgan fingerprint density at radius 3 is 2.47 bits per heavy atom. The molecule has 0 aliphatic heterocycles. The van der Waals surface area contributed by atoms with E-state index in [1.165, 1.54) is 6.92 Å². The van der Waals surface area contributed by atoms with E-state index >= 15 is 0 Å². The van der Waals surface area contributed by atoms with Gasteiger partial charge >= 0.3 is 13.3 Å². The van der Waals surface area contributed by atoms with E-state index in [0.717, 1.165) is 0 Å². The zero-order valence-corrected chi connectivity index (χ0v) is 10.1. The van der Waals surface area contributed by atoms with Crippen LogP contribution < -0.4 is 11.2 Å². The second-order valence-electron chi connectivity index (χ2n) is 2.91. The molecule has 0 spiro atoms. The summed E-state index contributed by atoms with van der Waals surface area (Å²) in [4.78, 5) is 42.3. The molecule has 9 heteroatoms. The molecule has 15 heavy (non-hydrogen) atoms. The van der Waals surface area contributed by atoms with Gasteiger partial charge in [-0.3, -0.25) is 9.36 Å².